The maximum Gasteiger partial charge on any atom is 0.308 e. The van der Waals surface area contributed by atoms with Gasteiger partial charge in [-0.25, -0.2) is 0 Å². The van der Waals surface area contributed by atoms with Crippen molar-refractivity contribution in [2.75, 3.05) is 19.7 Å². The molecule has 0 aliphatic carbocycles. The number of rotatable bonds is 5. The Bertz CT molecular complexity index is 208. The number of ether oxygens (including phenoxy) is 1. The van der Waals surface area contributed by atoms with Crippen LogP contribution < -0.4 is 0 Å². The molecular formula is C11H21NO3. The summed E-state index contributed by atoms with van der Waals surface area (Å²) >= 11 is 0. The van der Waals surface area contributed by atoms with Crippen LogP contribution in [0.5, 0.6) is 0 Å². The SMILES string of the molecule is CCOC(=O)CC(O)CN1CCCC1C. The summed E-state index contributed by atoms with van der Waals surface area (Å²) in [6.45, 7) is 5.92. The Morgan fingerprint density at radius 3 is 2.93 bits per heavy atom. The summed E-state index contributed by atoms with van der Waals surface area (Å²) in [5, 5.41) is 9.68. The van der Waals surface area contributed by atoms with E-state index < -0.39 is 6.10 Å². The molecule has 1 rings (SSSR count). The Morgan fingerprint density at radius 1 is 1.67 bits per heavy atom. The molecule has 0 amide bonds. The van der Waals surface area contributed by atoms with Crippen LogP contribution in [0, 0.1) is 0 Å². The average Bonchev–Trinajstić information content (AvgIpc) is 2.52. The molecule has 0 spiro atoms. The minimum Gasteiger partial charge on any atom is -0.466 e. The molecule has 4 heteroatoms. The molecule has 0 aromatic rings. The van der Waals surface area contributed by atoms with Gasteiger partial charge < -0.3 is 9.84 Å². The fourth-order valence-electron chi connectivity index (χ4n) is 2.01. The van der Waals surface area contributed by atoms with Crippen LogP contribution in [0.1, 0.15) is 33.1 Å². The van der Waals surface area contributed by atoms with Gasteiger partial charge in [0, 0.05) is 12.6 Å². The van der Waals surface area contributed by atoms with Crippen LogP contribution in [-0.4, -0.2) is 47.8 Å². The Kier molecular flexibility index (Phi) is 5.05. The lowest BCUT2D eigenvalue weighted by atomic mass is 10.2. The minimum atomic E-state index is -0.593. The first-order chi connectivity index (χ1) is 7.13. The number of carbonyl (C=O) groups excluding carboxylic acids is 1. The lowest BCUT2D eigenvalue weighted by Crippen LogP contribution is -2.35. The molecule has 4 nitrogen and oxygen atoms in total. The van der Waals surface area contributed by atoms with E-state index in [0.29, 0.717) is 19.2 Å². The fraction of sp³-hybridized carbons (Fsp3) is 0.909. The highest BCUT2D eigenvalue weighted by Crippen LogP contribution is 2.16. The number of aliphatic hydroxyl groups excluding tert-OH is 1. The van der Waals surface area contributed by atoms with Gasteiger partial charge in [0.25, 0.3) is 0 Å². The third kappa shape index (κ3) is 4.18. The van der Waals surface area contributed by atoms with E-state index in [-0.39, 0.29) is 12.4 Å². The van der Waals surface area contributed by atoms with Gasteiger partial charge in [-0.05, 0) is 33.2 Å². The molecule has 0 aromatic carbocycles. The van der Waals surface area contributed by atoms with E-state index in [4.69, 9.17) is 4.74 Å². The number of esters is 1. The lowest BCUT2D eigenvalue weighted by Gasteiger charge is -2.23. The van der Waals surface area contributed by atoms with Crippen molar-refractivity contribution in [2.24, 2.45) is 0 Å². The van der Waals surface area contributed by atoms with E-state index in [1.54, 1.807) is 6.92 Å². The quantitative estimate of drug-likeness (QED) is 0.689. The summed E-state index contributed by atoms with van der Waals surface area (Å²) in [5.41, 5.74) is 0. The van der Waals surface area contributed by atoms with Crippen molar-refractivity contribution in [2.45, 2.75) is 45.3 Å². The molecule has 1 aliphatic rings. The molecule has 0 aromatic heterocycles. The van der Waals surface area contributed by atoms with Crippen LogP contribution >= 0.6 is 0 Å². The number of hydrogen-bond acceptors (Lipinski definition) is 4. The van der Waals surface area contributed by atoms with Crippen LogP contribution in [0.4, 0.5) is 0 Å². The highest BCUT2D eigenvalue weighted by Gasteiger charge is 2.23. The van der Waals surface area contributed by atoms with Crippen molar-refractivity contribution in [3.63, 3.8) is 0 Å². The first kappa shape index (κ1) is 12.5. The van der Waals surface area contributed by atoms with Crippen LogP contribution in [0.2, 0.25) is 0 Å². The molecule has 1 N–H and O–H groups in total. The van der Waals surface area contributed by atoms with Gasteiger partial charge in [-0.15, -0.1) is 0 Å². The highest BCUT2D eigenvalue weighted by atomic mass is 16.5. The second-order valence-corrected chi connectivity index (χ2v) is 4.15. The van der Waals surface area contributed by atoms with Gasteiger partial charge in [-0.1, -0.05) is 0 Å². The van der Waals surface area contributed by atoms with Crippen molar-refractivity contribution in [1.29, 1.82) is 0 Å². The first-order valence-corrected chi connectivity index (χ1v) is 5.71. The number of hydrogen-bond donors (Lipinski definition) is 1. The van der Waals surface area contributed by atoms with Crippen molar-refractivity contribution in [3.8, 4) is 0 Å². The number of β-amino-alcohol motifs (C(OH)–C–C–N with tert-alkyl or cyclic N) is 1. The zero-order valence-electron chi connectivity index (χ0n) is 9.61. The maximum absolute atomic E-state index is 11.1. The van der Waals surface area contributed by atoms with Gasteiger partial charge in [-0.3, -0.25) is 9.69 Å². The van der Waals surface area contributed by atoms with Gasteiger partial charge in [0.1, 0.15) is 0 Å². The maximum atomic E-state index is 11.1. The standard InChI is InChI=1S/C11H21NO3/c1-3-15-11(14)7-10(13)8-12-6-4-5-9(12)2/h9-10,13H,3-8H2,1-2H3. The van der Waals surface area contributed by atoms with Crippen LogP contribution in [0.3, 0.4) is 0 Å². The monoisotopic (exact) mass is 215 g/mol. The summed E-state index contributed by atoms with van der Waals surface area (Å²) in [6.07, 6.45) is 1.89. The Hall–Kier alpha value is -0.610. The van der Waals surface area contributed by atoms with E-state index in [9.17, 15) is 9.90 Å². The third-order valence-corrected chi connectivity index (χ3v) is 2.84. The third-order valence-electron chi connectivity index (χ3n) is 2.84. The summed E-state index contributed by atoms with van der Waals surface area (Å²) in [4.78, 5) is 13.3. The molecular weight excluding hydrogens is 194 g/mol. The van der Waals surface area contributed by atoms with E-state index in [2.05, 4.69) is 11.8 Å². The predicted molar refractivity (Wildman–Crippen MR) is 57.5 cm³/mol. The molecule has 1 fully saturated rings. The number of aliphatic hydroxyl groups is 1. The van der Waals surface area contributed by atoms with Crippen molar-refractivity contribution in [3.05, 3.63) is 0 Å². The smallest absolute Gasteiger partial charge is 0.308 e. The molecule has 2 unspecified atom stereocenters. The lowest BCUT2D eigenvalue weighted by molar-refractivity contribution is -0.145. The van der Waals surface area contributed by atoms with Gasteiger partial charge in [0.05, 0.1) is 19.1 Å². The van der Waals surface area contributed by atoms with Crippen molar-refractivity contribution in [1.82, 2.24) is 4.90 Å². The summed E-state index contributed by atoms with van der Waals surface area (Å²) < 4.78 is 4.79. The van der Waals surface area contributed by atoms with E-state index in [1.165, 1.54) is 12.8 Å². The second-order valence-electron chi connectivity index (χ2n) is 4.15. The van der Waals surface area contributed by atoms with Crippen molar-refractivity contribution >= 4 is 5.97 Å². The highest BCUT2D eigenvalue weighted by molar-refractivity contribution is 5.69. The van der Waals surface area contributed by atoms with E-state index in [0.717, 1.165) is 6.54 Å². The molecule has 2 atom stereocenters. The van der Waals surface area contributed by atoms with Gasteiger partial charge in [0.2, 0.25) is 0 Å². The van der Waals surface area contributed by atoms with Crippen LogP contribution in [0.25, 0.3) is 0 Å². The summed E-state index contributed by atoms with van der Waals surface area (Å²) in [7, 11) is 0. The fourth-order valence-corrected chi connectivity index (χ4v) is 2.01. The Balaban J connectivity index is 2.22. The molecule has 1 saturated heterocycles. The van der Waals surface area contributed by atoms with Gasteiger partial charge in [-0.2, -0.15) is 0 Å². The van der Waals surface area contributed by atoms with Crippen molar-refractivity contribution < 1.29 is 14.6 Å². The molecule has 15 heavy (non-hydrogen) atoms. The van der Waals surface area contributed by atoms with Crippen LogP contribution in [0.15, 0.2) is 0 Å². The molecule has 1 aliphatic heterocycles. The zero-order chi connectivity index (χ0) is 11.3. The minimum absolute atomic E-state index is 0.108. The van der Waals surface area contributed by atoms with E-state index in [1.807, 2.05) is 0 Å². The molecule has 0 saturated carbocycles. The molecule has 0 bridgehead atoms. The van der Waals surface area contributed by atoms with Gasteiger partial charge >= 0.3 is 5.97 Å². The van der Waals surface area contributed by atoms with Crippen LogP contribution in [-0.2, 0) is 9.53 Å². The zero-order valence-corrected chi connectivity index (χ0v) is 9.61. The number of nitrogens with zero attached hydrogens (tertiary/aromatic N) is 1. The number of likely N-dealkylation sites (tertiary alicyclic amines) is 1. The summed E-state index contributed by atoms with van der Waals surface area (Å²) in [6, 6.07) is 0.529. The Morgan fingerprint density at radius 2 is 2.40 bits per heavy atom. The number of carbonyl (C=O) groups is 1. The average molecular weight is 215 g/mol. The molecule has 88 valence electrons. The largest absolute Gasteiger partial charge is 0.466 e. The molecule has 0 radical (unpaired) electrons. The molecule has 1 heterocycles. The van der Waals surface area contributed by atoms with E-state index >= 15 is 0 Å². The van der Waals surface area contributed by atoms with Gasteiger partial charge in [0.15, 0.2) is 0 Å². The topological polar surface area (TPSA) is 49.8 Å². The second kappa shape index (κ2) is 6.08. The Labute approximate surface area is 91.2 Å². The normalized spacial score (nSPS) is 24.1. The first-order valence-electron chi connectivity index (χ1n) is 5.71. The predicted octanol–water partition coefficient (Wildman–Crippen LogP) is 0.785. The summed E-state index contributed by atoms with van der Waals surface area (Å²) in [5.74, 6) is -0.308.